The first kappa shape index (κ1) is 15.8. The van der Waals surface area contributed by atoms with Crippen molar-refractivity contribution < 1.29 is 9.53 Å². The molecule has 0 radical (unpaired) electrons. The molecule has 21 heavy (non-hydrogen) atoms. The molecule has 0 bridgehead atoms. The van der Waals surface area contributed by atoms with Crippen molar-refractivity contribution >= 4 is 6.09 Å². The molecule has 0 aromatic heterocycles. The number of piperidine rings is 1. The first-order valence-corrected chi connectivity index (χ1v) is 7.85. The summed E-state index contributed by atoms with van der Waals surface area (Å²) in [5.74, 6) is 0. The minimum absolute atomic E-state index is 0.178. The van der Waals surface area contributed by atoms with Crippen molar-refractivity contribution in [1.82, 2.24) is 10.2 Å². The zero-order chi connectivity index (χ0) is 15.2. The molecule has 1 fully saturated rings. The number of aryl methyl sites for hydroxylation is 1. The lowest BCUT2D eigenvalue weighted by Gasteiger charge is -2.33. The molecule has 1 aromatic carbocycles. The van der Waals surface area contributed by atoms with Crippen LogP contribution in [0, 0.1) is 6.92 Å². The molecule has 1 aliphatic rings. The van der Waals surface area contributed by atoms with Gasteiger partial charge in [-0.15, -0.1) is 0 Å². The van der Waals surface area contributed by atoms with Gasteiger partial charge in [0.1, 0.15) is 0 Å². The summed E-state index contributed by atoms with van der Waals surface area (Å²) in [6, 6.07) is 9.29. The third kappa shape index (κ3) is 4.21. The third-order valence-corrected chi connectivity index (χ3v) is 4.16. The summed E-state index contributed by atoms with van der Waals surface area (Å²) in [7, 11) is 0. The Morgan fingerprint density at radius 1 is 1.38 bits per heavy atom. The summed E-state index contributed by atoms with van der Waals surface area (Å²) in [5, 5.41) is 3.69. The van der Waals surface area contributed by atoms with Gasteiger partial charge in [-0.25, -0.2) is 4.79 Å². The predicted molar refractivity (Wildman–Crippen MR) is 84.3 cm³/mol. The molecule has 1 heterocycles. The highest BCUT2D eigenvalue weighted by Gasteiger charge is 2.24. The minimum Gasteiger partial charge on any atom is -0.450 e. The number of likely N-dealkylation sites (tertiary alicyclic amines) is 1. The number of benzene rings is 1. The van der Waals surface area contributed by atoms with Crippen LogP contribution in [-0.4, -0.2) is 36.7 Å². The highest BCUT2D eigenvalue weighted by molar-refractivity contribution is 5.67. The summed E-state index contributed by atoms with van der Waals surface area (Å²) >= 11 is 0. The molecule has 0 aliphatic carbocycles. The van der Waals surface area contributed by atoms with E-state index in [2.05, 4.69) is 43.4 Å². The highest BCUT2D eigenvalue weighted by atomic mass is 16.6. The molecule has 1 unspecified atom stereocenters. The number of amides is 1. The fourth-order valence-corrected chi connectivity index (χ4v) is 2.96. The third-order valence-electron chi connectivity index (χ3n) is 4.16. The molecule has 2 rings (SSSR count). The van der Waals surface area contributed by atoms with Gasteiger partial charge in [0.2, 0.25) is 0 Å². The molecule has 1 saturated heterocycles. The summed E-state index contributed by atoms with van der Waals surface area (Å²) < 4.78 is 5.05. The SMILES string of the molecule is CCOC(=O)N1CCC(NC(C)c2ccccc2C)CC1. The van der Waals surface area contributed by atoms with Crippen molar-refractivity contribution in [2.45, 2.75) is 45.7 Å². The van der Waals surface area contributed by atoms with Crippen LogP contribution < -0.4 is 5.32 Å². The van der Waals surface area contributed by atoms with E-state index in [-0.39, 0.29) is 6.09 Å². The minimum atomic E-state index is -0.178. The first-order valence-electron chi connectivity index (χ1n) is 7.85. The monoisotopic (exact) mass is 290 g/mol. The largest absolute Gasteiger partial charge is 0.450 e. The Kier molecular flexibility index (Phi) is 5.62. The van der Waals surface area contributed by atoms with Crippen LogP contribution in [-0.2, 0) is 4.74 Å². The molecular formula is C17H26N2O2. The maximum absolute atomic E-state index is 11.7. The summed E-state index contributed by atoms with van der Waals surface area (Å²) in [6.45, 7) is 8.20. The summed E-state index contributed by atoms with van der Waals surface area (Å²) in [5.41, 5.74) is 2.67. The van der Waals surface area contributed by atoms with Gasteiger partial charge in [-0.2, -0.15) is 0 Å². The van der Waals surface area contributed by atoms with Gasteiger partial charge in [0.25, 0.3) is 0 Å². The van der Waals surface area contributed by atoms with Crippen LogP contribution in [0.5, 0.6) is 0 Å². The van der Waals surface area contributed by atoms with E-state index in [9.17, 15) is 4.79 Å². The van der Waals surface area contributed by atoms with E-state index in [0.717, 1.165) is 25.9 Å². The van der Waals surface area contributed by atoms with Crippen LogP contribution in [0.1, 0.15) is 43.9 Å². The number of hydrogen-bond acceptors (Lipinski definition) is 3. The van der Waals surface area contributed by atoms with Gasteiger partial charge in [-0.3, -0.25) is 0 Å². The smallest absolute Gasteiger partial charge is 0.409 e. The van der Waals surface area contributed by atoms with Crippen LogP contribution in [0.2, 0.25) is 0 Å². The molecule has 4 heteroatoms. The zero-order valence-electron chi connectivity index (χ0n) is 13.3. The van der Waals surface area contributed by atoms with Gasteiger partial charge >= 0.3 is 6.09 Å². The van der Waals surface area contributed by atoms with E-state index in [1.807, 2.05) is 6.92 Å². The van der Waals surface area contributed by atoms with Crippen LogP contribution >= 0.6 is 0 Å². The average molecular weight is 290 g/mol. The Balaban J connectivity index is 1.83. The molecule has 1 aliphatic heterocycles. The van der Waals surface area contributed by atoms with Crippen LogP contribution in [0.3, 0.4) is 0 Å². The van der Waals surface area contributed by atoms with Crippen molar-refractivity contribution in [3.8, 4) is 0 Å². The number of rotatable bonds is 4. The fraction of sp³-hybridized carbons (Fsp3) is 0.588. The second-order valence-electron chi connectivity index (χ2n) is 5.71. The van der Waals surface area contributed by atoms with Gasteiger partial charge in [-0.05, 0) is 44.7 Å². The molecule has 1 N–H and O–H groups in total. The van der Waals surface area contributed by atoms with Crippen molar-refractivity contribution in [2.24, 2.45) is 0 Å². The van der Waals surface area contributed by atoms with E-state index in [1.165, 1.54) is 11.1 Å². The van der Waals surface area contributed by atoms with Crippen molar-refractivity contribution in [3.63, 3.8) is 0 Å². The van der Waals surface area contributed by atoms with Crippen LogP contribution in [0.25, 0.3) is 0 Å². The number of ether oxygens (including phenoxy) is 1. The van der Waals surface area contributed by atoms with Gasteiger partial charge < -0.3 is 15.0 Å². The maximum atomic E-state index is 11.7. The highest BCUT2D eigenvalue weighted by Crippen LogP contribution is 2.20. The van der Waals surface area contributed by atoms with Gasteiger partial charge in [0.05, 0.1) is 6.61 Å². The van der Waals surface area contributed by atoms with Gasteiger partial charge in [0, 0.05) is 25.2 Å². The van der Waals surface area contributed by atoms with Crippen molar-refractivity contribution in [1.29, 1.82) is 0 Å². The molecule has 4 nitrogen and oxygen atoms in total. The van der Waals surface area contributed by atoms with Gasteiger partial charge in [-0.1, -0.05) is 24.3 Å². The number of hydrogen-bond donors (Lipinski definition) is 1. The van der Waals surface area contributed by atoms with Crippen molar-refractivity contribution in [3.05, 3.63) is 35.4 Å². The van der Waals surface area contributed by atoms with Crippen LogP contribution in [0.4, 0.5) is 4.79 Å². The van der Waals surface area contributed by atoms with E-state index < -0.39 is 0 Å². The van der Waals surface area contributed by atoms with Crippen LogP contribution in [0.15, 0.2) is 24.3 Å². The van der Waals surface area contributed by atoms with Gasteiger partial charge in [0.15, 0.2) is 0 Å². The Morgan fingerprint density at radius 3 is 2.67 bits per heavy atom. The lowest BCUT2D eigenvalue weighted by atomic mass is 9.99. The number of carbonyl (C=O) groups excluding carboxylic acids is 1. The second kappa shape index (κ2) is 7.46. The molecule has 116 valence electrons. The summed E-state index contributed by atoms with van der Waals surface area (Å²) in [4.78, 5) is 13.5. The summed E-state index contributed by atoms with van der Waals surface area (Å²) in [6.07, 6.45) is 1.78. The number of nitrogens with one attached hydrogen (secondary N) is 1. The topological polar surface area (TPSA) is 41.6 Å². The molecule has 1 amide bonds. The first-order chi connectivity index (χ1) is 10.1. The van der Waals surface area contributed by atoms with E-state index in [1.54, 1.807) is 4.90 Å². The fourth-order valence-electron chi connectivity index (χ4n) is 2.96. The second-order valence-corrected chi connectivity index (χ2v) is 5.71. The van der Waals surface area contributed by atoms with Crippen molar-refractivity contribution in [2.75, 3.05) is 19.7 Å². The molecule has 1 atom stereocenters. The number of carbonyl (C=O) groups is 1. The Labute approximate surface area is 127 Å². The Bertz CT molecular complexity index is 468. The lowest BCUT2D eigenvalue weighted by molar-refractivity contribution is 0.0943. The standard InChI is InChI=1S/C17H26N2O2/c1-4-21-17(20)19-11-9-15(10-12-19)18-14(3)16-8-6-5-7-13(16)2/h5-8,14-15,18H,4,9-12H2,1-3H3. The molecule has 0 spiro atoms. The maximum Gasteiger partial charge on any atom is 0.409 e. The predicted octanol–water partition coefficient (Wildman–Crippen LogP) is 3.27. The Morgan fingerprint density at radius 2 is 2.05 bits per heavy atom. The Hall–Kier alpha value is -1.55. The quantitative estimate of drug-likeness (QED) is 0.925. The normalized spacial score (nSPS) is 17.6. The molecular weight excluding hydrogens is 264 g/mol. The lowest BCUT2D eigenvalue weighted by Crippen LogP contribution is -2.45. The van der Waals surface area contributed by atoms with E-state index in [0.29, 0.717) is 18.7 Å². The average Bonchev–Trinajstić information content (AvgIpc) is 2.48. The molecule has 1 aromatic rings. The van der Waals surface area contributed by atoms with E-state index >= 15 is 0 Å². The van der Waals surface area contributed by atoms with E-state index in [4.69, 9.17) is 4.74 Å². The zero-order valence-corrected chi connectivity index (χ0v) is 13.3. The molecule has 0 saturated carbocycles. The number of nitrogens with zero attached hydrogens (tertiary/aromatic N) is 1.